The molecular formula is C30H42F6N6O. The molecule has 2 aromatic rings. The highest BCUT2D eigenvalue weighted by Gasteiger charge is 2.48. The highest BCUT2D eigenvalue weighted by molar-refractivity contribution is 5.56. The van der Waals surface area contributed by atoms with E-state index in [0.717, 1.165) is 42.7 Å². The van der Waals surface area contributed by atoms with Crippen LogP contribution < -0.4 is 16.5 Å². The number of hydrogen-bond donors (Lipinski definition) is 2. The first kappa shape index (κ1) is 30.9. The summed E-state index contributed by atoms with van der Waals surface area (Å²) in [5, 5.41) is 0. The van der Waals surface area contributed by atoms with Gasteiger partial charge in [0.2, 0.25) is 0 Å². The quantitative estimate of drug-likeness (QED) is 0.395. The maximum absolute atomic E-state index is 14.5. The summed E-state index contributed by atoms with van der Waals surface area (Å²) in [6.07, 6.45) is 0.501. The highest BCUT2D eigenvalue weighted by atomic mass is 19.4. The molecule has 3 unspecified atom stereocenters. The average molecular weight is 617 g/mol. The Morgan fingerprint density at radius 2 is 1.67 bits per heavy atom. The largest absolute Gasteiger partial charge is 0.418 e. The van der Waals surface area contributed by atoms with Crippen molar-refractivity contribution in [1.29, 1.82) is 0 Å². The molecule has 4 fully saturated rings. The molecule has 0 spiro atoms. The summed E-state index contributed by atoms with van der Waals surface area (Å²) < 4.78 is 88.9. The van der Waals surface area contributed by atoms with Crippen molar-refractivity contribution >= 4 is 5.52 Å². The average Bonchev–Trinajstić information content (AvgIpc) is 3.47. The van der Waals surface area contributed by atoms with Gasteiger partial charge in [0.25, 0.3) is 0 Å². The summed E-state index contributed by atoms with van der Waals surface area (Å²) in [5.41, 5.74) is 3.76. The summed E-state index contributed by atoms with van der Waals surface area (Å²) in [5.74, 6) is 1.14. The molecule has 4 heterocycles. The van der Waals surface area contributed by atoms with E-state index in [0.29, 0.717) is 43.8 Å². The third kappa shape index (κ3) is 5.98. The molecule has 0 radical (unpaired) electrons. The van der Waals surface area contributed by atoms with Crippen LogP contribution in [0.4, 0.5) is 26.3 Å². The van der Waals surface area contributed by atoms with Crippen LogP contribution in [-0.2, 0) is 6.18 Å². The van der Waals surface area contributed by atoms with Crippen LogP contribution in [0, 0.1) is 23.7 Å². The molecule has 0 aromatic carbocycles. The van der Waals surface area contributed by atoms with E-state index >= 15 is 0 Å². The molecule has 7 nitrogen and oxygen atoms in total. The first-order chi connectivity index (χ1) is 20.3. The van der Waals surface area contributed by atoms with Gasteiger partial charge in [0.1, 0.15) is 6.04 Å². The molecule has 2 aromatic heterocycles. The fourth-order valence-corrected chi connectivity index (χ4v) is 8.33. The van der Waals surface area contributed by atoms with Gasteiger partial charge in [-0.05, 0) is 81.0 Å². The number of halogens is 6. The lowest BCUT2D eigenvalue weighted by Gasteiger charge is -2.46. The van der Waals surface area contributed by atoms with Crippen LogP contribution in [0.3, 0.4) is 0 Å². The van der Waals surface area contributed by atoms with Crippen LogP contribution in [0.25, 0.3) is 5.52 Å². The number of piperidine rings is 1. The van der Waals surface area contributed by atoms with Crippen molar-refractivity contribution in [2.75, 3.05) is 26.8 Å². The van der Waals surface area contributed by atoms with Crippen LogP contribution in [0.5, 0.6) is 0 Å². The molecule has 6 atom stereocenters. The molecule has 240 valence electrons. The van der Waals surface area contributed by atoms with Gasteiger partial charge in [-0.3, -0.25) is 18.8 Å². The van der Waals surface area contributed by atoms with Crippen LogP contribution >= 0.6 is 0 Å². The summed E-state index contributed by atoms with van der Waals surface area (Å²) in [4.78, 5) is 17.2. The van der Waals surface area contributed by atoms with Crippen LogP contribution in [0.1, 0.15) is 87.9 Å². The Kier molecular flexibility index (Phi) is 8.40. The zero-order valence-corrected chi connectivity index (χ0v) is 24.7. The van der Waals surface area contributed by atoms with E-state index in [4.69, 9.17) is 0 Å². The molecule has 4 aliphatic rings. The second kappa shape index (κ2) is 11.7. The van der Waals surface area contributed by atoms with E-state index < -0.39 is 40.7 Å². The third-order valence-corrected chi connectivity index (χ3v) is 10.5. The maximum Gasteiger partial charge on any atom is 0.418 e. The standard InChI is InChI=1S/C30H42F6N6O/c1-18-6-5-11-40(14-18)26(30(34,35)36)21-13-23(29(31,32)33)24-16-41(28(43)42(24)15-21)22-10-4-9-20(12-22)25(19-7-3-8-19)27-38-37-17-39(27)2/h13,15-16,18-20,22,25-27,37-38H,3-12,14,17H2,1-2H3/t18-,20?,22?,25-,26+,27?/m0/s1. The van der Waals surface area contributed by atoms with Gasteiger partial charge in [0.05, 0.1) is 23.9 Å². The van der Waals surface area contributed by atoms with Crippen molar-refractivity contribution in [2.24, 2.45) is 23.7 Å². The number of nitrogens with one attached hydrogen (secondary N) is 2. The minimum atomic E-state index is -4.93. The van der Waals surface area contributed by atoms with E-state index in [1.54, 1.807) is 0 Å². The summed E-state index contributed by atoms with van der Waals surface area (Å²) >= 11 is 0. The lowest BCUT2D eigenvalue weighted by molar-refractivity contribution is -0.191. The Morgan fingerprint density at radius 3 is 2.28 bits per heavy atom. The molecule has 2 saturated carbocycles. The Labute approximate surface area is 247 Å². The lowest BCUT2D eigenvalue weighted by atomic mass is 9.65. The van der Waals surface area contributed by atoms with Crippen LogP contribution in [0.2, 0.25) is 0 Å². The predicted octanol–water partition coefficient (Wildman–Crippen LogP) is 5.93. The minimum Gasteiger partial charge on any atom is -0.295 e. The molecule has 13 heteroatoms. The molecule has 2 aliphatic heterocycles. The number of alkyl halides is 6. The van der Waals surface area contributed by atoms with Crippen molar-refractivity contribution in [3.05, 3.63) is 40.1 Å². The number of nitrogens with zero attached hydrogens (tertiary/aromatic N) is 4. The van der Waals surface area contributed by atoms with Gasteiger partial charge in [0.15, 0.2) is 0 Å². The molecular weight excluding hydrogens is 574 g/mol. The van der Waals surface area contributed by atoms with Gasteiger partial charge in [-0.2, -0.15) is 26.3 Å². The zero-order valence-electron chi connectivity index (χ0n) is 24.7. The zero-order chi connectivity index (χ0) is 30.7. The van der Waals surface area contributed by atoms with E-state index in [1.165, 1.54) is 22.1 Å². The number of aromatic nitrogens is 2. The molecule has 0 bridgehead atoms. The molecule has 6 rings (SSSR count). The first-order valence-electron chi connectivity index (χ1n) is 15.7. The fourth-order valence-electron chi connectivity index (χ4n) is 8.33. The number of hydrogen-bond acceptors (Lipinski definition) is 5. The second-order valence-electron chi connectivity index (χ2n) is 13.5. The lowest BCUT2D eigenvalue weighted by Crippen LogP contribution is -2.50. The van der Waals surface area contributed by atoms with Crippen molar-refractivity contribution in [1.82, 2.24) is 29.6 Å². The Bertz CT molecular complexity index is 1350. The number of rotatable bonds is 6. The fraction of sp³-hybridized carbons (Fsp3) is 0.767. The van der Waals surface area contributed by atoms with Crippen LogP contribution in [0.15, 0.2) is 23.3 Å². The Balaban J connectivity index is 1.38. The van der Waals surface area contributed by atoms with Crippen molar-refractivity contribution in [3.8, 4) is 0 Å². The predicted molar refractivity (Wildman–Crippen MR) is 150 cm³/mol. The van der Waals surface area contributed by atoms with E-state index in [1.807, 2.05) is 6.92 Å². The smallest absolute Gasteiger partial charge is 0.295 e. The molecule has 0 amide bonds. The van der Waals surface area contributed by atoms with Gasteiger partial charge in [-0.1, -0.05) is 32.6 Å². The van der Waals surface area contributed by atoms with Crippen molar-refractivity contribution < 1.29 is 26.3 Å². The Morgan fingerprint density at radius 1 is 0.953 bits per heavy atom. The maximum atomic E-state index is 14.5. The minimum absolute atomic E-state index is 0.00812. The number of fused-ring (bicyclic) bond motifs is 1. The normalized spacial score (nSPS) is 30.0. The van der Waals surface area contributed by atoms with Gasteiger partial charge in [-0.15, -0.1) is 0 Å². The Hall–Kier alpha value is -2.09. The van der Waals surface area contributed by atoms with Gasteiger partial charge in [-0.25, -0.2) is 15.6 Å². The highest BCUT2D eigenvalue weighted by Crippen LogP contribution is 2.47. The SMILES string of the molecule is C[C@H]1CCCN([C@H](c2cc(C(F)(F)F)c3cn(C4CCCC([C@H](C5CCC5)C5NNCN5C)C4)c(=O)n3c2)C(F)(F)F)C1. The third-order valence-electron chi connectivity index (χ3n) is 10.5. The van der Waals surface area contributed by atoms with E-state index in [-0.39, 0.29) is 37.1 Å². The molecule has 2 aliphatic carbocycles. The van der Waals surface area contributed by atoms with Gasteiger partial charge >= 0.3 is 18.0 Å². The topological polar surface area (TPSA) is 57.0 Å². The van der Waals surface area contributed by atoms with E-state index in [2.05, 4.69) is 22.8 Å². The molecule has 43 heavy (non-hydrogen) atoms. The summed E-state index contributed by atoms with van der Waals surface area (Å²) in [6.45, 7) is 2.83. The first-order valence-corrected chi connectivity index (χ1v) is 15.7. The number of pyridine rings is 1. The summed E-state index contributed by atoms with van der Waals surface area (Å²) in [7, 11) is 2.06. The summed E-state index contributed by atoms with van der Waals surface area (Å²) in [6, 6.07) is -1.93. The van der Waals surface area contributed by atoms with Crippen LogP contribution in [-0.4, -0.2) is 57.9 Å². The van der Waals surface area contributed by atoms with Gasteiger partial charge < -0.3 is 0 Å². The number of hydrazine groups is 1. The second-order valence-corrected chi connectivity index (χ2v) is 13.5. The number of imidazole rings is 1. The monoisotopic (exact) mass is 616 g/mol. The van der Waals surface area contributed by atoms with E-state index in [9.17, 15) is 31.1 Å². The van der Waals surface area contributed by atoms with Gasteiger partial charge in [0, 0.05) is 25.0 Å². The molecule has 2 saturated heterocycles. The molecule has 2 N–H and O–H groups in total. The number of likely N-dealkylation sites (tertiary alicyclic amines) is 1. The van der Waals surface area contributed by atoms with Crippen molar-refractivity contribution in [3.63, 3.8) is 0 Å². The van der Waals surface area contributed by atoms with Crippen molar-refractivity contribution in [2.45, 2.75) is 95.3 Å².